The first kappa shape index (κ1) is 26.4. The fourth-order valence-corrected chi connectivity index (χ4v) is 4.30. The van der Waals surface area contributed by atoms with Crippen LogP contribution in [0.3, 0.4) is 0 Å². The number of amides is 1. The molecule has 0 aromatic heterocycles. The second kappa shape index (κ2) is 9.21. The van der Waals surface area contributed by atoms with E-state index in [9.17, 15) is 48.0 Å². The van der Waals surface area contributed by atoms with Gasteiger partial charge in [0.1, 0.15) is 5.75 Å². The van der Waals surface area contributed by atoms with Gasteiger partial charge in [0, 0.05) is 6.54 Å². The van der Waals surface area contributed by atoms with Gasteiger partial charge in [-0.1, -0.05) is 12.1 Å². The maximum Gasteiger partial charge on any atom is 0.534 e. The maximum atomic E-state index is 12.7. The number of hydrogen-bond acceptors (Lipinski definition) is 6. The fraction of sp³-hybridized carbons (Fsp3) is 0.278. The van der Waals surface area contributed by atoms with Crippen LogP contribution in [0.2, 0.25) is 0 Å². The lowest BCUT2D eigenvalue weighted by Gasteiger charge is -2.13. The highest BCUT2D eigenvalue weighted by molar-refractivity contribution is 7.91. The van der Waals surface area contributed by atoms with Gasteiger partial charge in [0.15, 0.2) is 0 Å². The summed E-state index contributed by atoms with van der Waals surface area (Å²) in [5, 5.41) is 1.67. The average molecular weight is 519 g/mol. The van der Waals surface area contributed by atoms with Gasteiger partial charge in [-0.2, -0.15) is 34.8 Å². The number of halogens is 6. The van der Waals surface area contributed by atoms with E-state index >= 15 is 0 Å². The Bertz CT molecular complexity index is 1240. The third kappa shape index (κ3) is 6.37. The van der Waals surface area contributed by atoms with Gasteiger partial charge in [-0.25, -0.2) is 8.42 Å². The van der Waals surface area contributed by atoms with Crippen LogP contribution < -0.4 is 9.50 Å². The first-order chi connectivity index (χ1) is 14.9. The molecule has 0 aliphatic carbocycles. The van der Waals surface area contributed by atoms with Crippen LogP contribution in [0.25, 0.3) is 0 Å². The molecule has 33 heavy (non-hydrogen) atoms. The predicted molar refractivity (Wildman–Crippen MR) is 101 cm³/mol. The Kier molecular flexibility index (Phi) is 7.38. The number of nitrogens with one attached hydrogen (secondary N) is 1. The van der Waals surface area contributed by atoms with Crippen LogP contribution in [0.15, 0.2) is 52.3 Å². The van der Waals surface area contributed by atoms with E-state index in [2.05, 4.69) is 4.18 Å². The highest BCUT2D eigenvalue weighted by atomic mass is 32.2. The Balaban J connectivity index is 2.16. The van der Waals surface area contributed by atoms with E-state index in [1.54, 1.807) is 5.32 Å². The molecule has 0 unspecified atom stereocenters. The zero-order valence-electron chi connectivity index (χ0n) is 16.5. The van der Waals surface area contributed by atoms with E-state index in [-0.39, 0.29) is 28.3 Å². The summed E-state index contributed by atoms with van der Waals surface area (Å²) in [4.78, 5) is 10.2. The van der Waals surface area contributed by atoms with Crippen LogP contribution in [-0.4, -0.2) is 41.0 Å². The van der Waals surface area contributed by atoms with Crippen molar-refractivity contribution in [2.24, 2.45) is 0 Å². The van der Waals surface area contributed by atoms with E-state index < -0.39 is 43.3 Å². The van der Waals surface area contributed by atoms with Crippen molar-refractivity contribution in [3.63, 3.8) is 0 Å². The Morgan fingerprint density at radius 3 is 1.94 bits per heavy atom. The third-order valence-corrected chi connectivity index (χ3v) is 6.86. The predicted octanol–water partition coefficient (Wildman–Crippen LogP) is 3.28. The summed E-state index contributed by atoms with van der Waals surface area (Å²) in [5.41, 5.74) is -5.43. The molecule has 0 radical (unpaired) electrons. The van der Waals surface area contributed by atoms with Crippen LogP contribution in [0.4, 0.5) is 26.3 Å². The normalized spacial score (nSPS) is 12.9. The molecule has 0 saturated carbocycles. The van der Waals surface area contributed by atoms with E-state index in [4.69, 9.17) is 0 Å². The van der Waals surface area contributed by atoms with Gasteiger partial charge in [0.05, 0.1) is 9.79 Å². The quantitative estimate of drug-likeness (QED) is 0.342. The molecular formula is C18H15F6NO6S2. The highest BCUT2D eigenvalue weighted by Gasteiger charge is 2.48. The molecule has 0 atom stereocenters. The lowest BCUT2D eigenvalue weighted by atomic mass is 10.1. The van der Waals surface area contributed by atoms with Crippen LogP contribution >= 0.6 is 0 Å². The molecule has 2 aromatic carbocycles. The summed E-state index contributed by atoms with van der Waals surface area (Å²) >= 11 is 0. The Morgan fingerprint density at radius 1 is 0.909 bits per heavy atom. The molecule has 0 spiro atoms. The summed E-state index contributed by atoms with van der Waals surface area (Å²) in [6.45, 7) is 0.810. The lowest BCUT2D eigenvalue weighted by molar-refractivity contribution is -0.173. The summed E-state index contributed by atoms with van der Waals surface area (Å²) in [5.74, 6) is -2.81. The van der Waals surface area contributed by atoms with Gasteiger partial charge < -0.3 is 9.50 Å². The lowest BCUT2D eigenvalue weighted by Crippen LogP contribution is -2.37. The van der Waals surface area contributed by atoms with Crippen molar-refractivity contribution >= 4 is 25.9 Å². The largest absolute Gasteiger partial charge is 0.534 e. The third-order valence-electron chi connectivity index (χ3n) is 4.13. The van der Waals surface area contributed by atoms with Crippen LogP contribution in [0.5, 0.6) is 5.75 Å². The van der Waals surface area contributed by atoms with Crippen molar-refractivity contribution in [3.05, 3.63) is 53.6 Å². The topological polar surface area (TPSA) is 107 Å². The minimum atomic E-state index is -5.94. The molecule has 0 aliphatic rings. The van der Waals surface area contributed by atoms with E-state index in [1.807, 2.05) is 0 Å². The SMILES string of the molecule is Cc1cc(S(=O)(=O)c2ccc(CCNC(=O)C(F)(F)F)cc2)ccc1OS(=O)(=O)C(F)(F)F. The van der Waals surface area contributed by atoms with Crippen LogP contribution in [0, 0.1) is 6.92 Å². The van der Waals surface area contributed by atoms with Gasteiger partial charge in [0.25, 0.3) is 0 Å². The molecule has 0 saturated heterocycles. The molecule has 1 N–H and O–H groups in total. The van der Waals surface area contributed by atoms with Crippen LogP contribution in [0.1, 0.15) is 11.1 Å². The summed E-state index contributed by atoms with van der Waals surface area (Å²) in [6.07, 6.45) is -5.03. The van der Waals surface area contributed by atoms with Crippen molar-refractivity contribution in [1.82, 2.24) is 5.32 Å². The standard InChI is InChI=1S/C18H15F6NO6S2/c1-11-10-14(6-7-15(11)31-33(29,30)18(22,23)24)32(27,28)13-4-2-12(3-5-13)8-9-25-16(26)17(19,20)21/h2-7,10H,8-9H2,1H3,(H,25,26). The molecule has 7 nitrogen and oxygen atoms in total. The molecule has 0 heterocycles. The van der Waals surface area contributed by atoms with Gasteiger partial charge in [0.2, 0.25) is 9.84 Å². The fourth-order valence-electron chi connectivity index (χ4n) is 2.44. The zero-order chi connectivity index (χ0) is 25.2. The Labute approximate surface area is 184 Å². The van der Waals surface area contributed by atoms with Crippen molar-refractivity contribution in [2.45, 2.75) is 34.8 Å². The molecule has 182 valence electrons. The van der Waals surface area contributed by atoms with Gasteiger partial charge in [-0.3, -0.25) is 4.79 Å². The van der Waals surface area contributed by atoms with Crippen molar-refractivity contribution < 1.29 is 52.2 Å². The molecule has 0 bridgehead atoms. The van der Waals surface area contributed by atoms with Crippen molar-refractivity contribution in [2.75, 3.05) is 6.54 Å². The minimum Gasteiger partial charge on any atom is -0.376 e. The number of aryl methyl sites for hydroxylation is 1. The average Bonchev–Trinajstić information content (AvgIpc) is 2.68. The summed E-state index contributed by atoms with van der Waals surface area (Å²) in [7, 11) is -10.1. The first-order valence-corrected chi connectivity index (χ1v) is 11.6. The summed E-state index contributed by atoms with van der Waals surface area (Å²) in [6, 6.07) is 7.50. The number of alkyl halides is 6. The number of hydrogen-bond donors (Lipinski definition) is 1. The number of benzene rings is 2. The van der Waals surface area contributed by atoms with Gasteiger partial charge >= 0.3 is 27.7 Å². The molecule has 1 amide bonds. The highest BCUT2D eigenvalue weighted by Crippen LogP contribution is 2.31. The molecule has 15 heteroatoms. The summed E-state index contributed by atoms with van der Waals surface area (Å²) < 4.78 is 126. The number of sulfone groups is 1. The molecular weight excluding hydrogens is 504 g/mol. The first-order valence-electron chi connectivity index (χ1n) is 8.75. The van der Waals surface area contributed by atoms with E-state index in [0.29, 0.717) is 5.56 Å². The van der Waals surface area contributed by atoms with Crippen molar-refractivity contribution in [1.29, 1.82) is 0 Å². The molecule has 0 fully saturated rings. The maximum absolute atomic E-state index is 12.7. The van der Waals surface area contributed by atoms with E-state index in [0.717, 1.165) is 37.3 Å². The van der Waals surface area contributed by atoms with Gasteiger partial charge in [-0.05, 0) is 54.8 Å². The molecule has 0 aliphatic heterocycles. The van der Waals surface area contributed by atoms with Gasteiger partial charge in [-0.15, -0.1) is 0 Å². The number of rotatable bonds is 7. The number of carbonyl (C=O) groups is 1. The number of carbonyl (C=O) groups excluding carboxylic acids is 1. The van der Waals surface area contributed by atoms with Crippen LogP contribution in [-0.2, 0) is 31.2 Å². The van der Waals surface area contributed by atoms with E-state index in [1.165, 1.54) is 12.1 Å². The Hall–Kier alpha value is -2.81. The second-order valence-corrected chi connectivity index (χ2v) is 10.0. The molecule has 2 rings (SSSR count). The zero-order valence-corrected chi connectivity index (χ0v) is 18.1. The minimum absolute atomic E-state index is 0.0129. The second-order valence-electron chi connectivity index (χ2n) is 6.56. The smallest absolute Gasteiger partial charge is 0.376 e. The monoisotopic (exact) mass is 519 g/mol. The molecule has 2 aromatic rings. The van der Waals surface area contributed by atoms with Crippen molar-refractivity contribution in [3.8, 4) is 5.75 Å². The Morgan fingerprint density at radius 2 is 1.45 bits per heavy atom.